The van der Waals surface area contributed by atoms with Crippen LogP contribution in [0.3, 0.4) is 0 Å². The number of carbonyl (C=O) groups excluding carboxylic acids is 3. The second-order valence-corrected chi connectivity index (χ2v) is 18.7. The van der Waals surface area contributed by atoms with Crippen molar-refractivity contribution >= 4 is 51.5 Å². The van der Waals surface area contributed by atoms with Gasteiger partial charge >= 0.3 is 12.2 Å². The van der Waals surface area contributed by atoms with Crippen LogP contribution in [0.15, 0.2) is 54.6 Å². The van der Waals surface area contributed by atoms with Gasteiger partial charge in [-0.15, -0.1) is 0 Å². The van der Waals surface area contributed by atoms with E-state index < -0.39 is 30.5 Å². The number of nitrogens with zero attached hydrogens (tertiary/aromatic N) is 6. The number of fused-ring (bicyclic) bond motifs is 2. The monoisotopic (exact) mass is 937 g/mol. The van der Waals surface area contributed by atoms with E-state index in [1.165, 1.54) is 21.3 Å². The lowest BCUT2D eigenvalue weighted by Crippen LogP contribution is -2.54. The standard InChI is InChI=1S/C50H65FN10O7/c1-29(65-3)44(56-49(63)67-5)48(62)60-25-11-13-43(60)46-53-36-18-15-32(27-38(36)55-46)40-21-20-39(61(40)33-16-19-41(34(51)28-33)58-22-8-7-9-23-58)31-14-17-35-37(26-31)54-45(52-35)42-12-10-24-59(42)47(30(2)66-4)57-50(64)68-6/h14-19,26-30,39-40,42-44,47H,7-13,20-25H2,1-6H3,(H,52,54)(H,53,55)(H,56,63)(H,57,64)/t29-,30-,39+,40?,42+,43+,44+,47-/m1/s1. The average molecular weight is 937 g/mol. The molecule has 5 aromatic rings. The van der Waals surface area contributed by atoms with E-state index in [9.17, 15) is 14.4 Å². The van der Waals surface area contributed by atoms with Crippen molar-refractivity contribution in [3.8, 4) is 0 Å². The first-order valence-corrected chi connectivity index (χ1v) is 24.1. The minimum absolute atomic E-state index is 0.0751. The van der Waals surface area contributed by atoms with Gasteiger partial charge in [0.15, 0.2) is 0 Å². The van der Waals surface area contributed by atoms with Crippen LogP contribution < -0.4 is 20.4 Å². The molecule has 4 fully saturated rings. The predicted molar refractivity (Wildman–Crippen MR) is 256 cm³/mol. The molecule has 17 nitrogen and oxygen atoms in total. The molecule has 1 unspecified atom stereocenters. The number of anilines is 2. The Hall–Kier alpha value is -5.98. The normalized spacial score (nSPS) is 23.0. The number of H-pyrrole nitrogens is 2. The largest absolute Gasteiger partial charge is 0.453 e. The molecule has 6 heterocycles. The molecule has 0 saturated carbocycles. The number of piperidine rings is 1. The fourth-order valence-corrected chi connectivity index (χ4v) is 11.1. The third-order valence-corrected chi connectivity index (χ3v) is 14.8. The molecule has 68 heavy (non-hydrogen) atoms. The molecule has 2 aromatic heterocycles. The molecular weight excluding hydrogens is 872 g/mol. The molecule has 0 radical (unpaired) electrons. The fourth-order valence-electron chi connectivity index (χ4n) is 11.1. The summed E-state index contributed by atoms with van der Waals surface area (Å²) in [5, 5.41) is 5.63. The highest BCUT2D eigenvalue weighted by molar-refractivity contribution is 5.87. The maximum atomic E-state index is 16.4. The number of methoxy groups -OCH3 is 4. The maximum absolute atomic E-state index is 16.4. The number of hydrogen-bond acceptors (Lipinski definition) is 12. The summed E-state index contributed by atoms with van der Waals surface area (Å²) in [4.78, 5) is 64.6. The van der Waals surface area contributed by atoms with Crippen LogP contribution in [0.25, 0.3) is 22.1 Å². The minimum atomic E-state index is -0.933. The summed E-state index contributed by atoms with van der Waals surface area (Å²) in [7, 11) is 5.76. The fraction of sp³-hybridized carbons (Fsp3) is 0.540. The third-order valence-electron chi connectivity index (χ3n) is 14.8. The Morgan fingerprint density at radius 1 is 0.662 bits per heavy atom. The van der Waals surface area contributed by atoms with Gasteiger partial charge in [0, 0.05) is 46.1 Å². The molecule has 0 spiro atoms. The second kappa shape index (κ2) is 20.3. The van der Waals surface area contributed by atoms with Gasteiger partial charge in [-0.3, -0.25) is 9.69 Å². The Labute approximate surface area is 396 Å². The zero-order valence-electron chi connectivity index (χ0n) is 39.9. The van der Waals surface area contributed by atoms with Crippen LogP contribution in [0.2, 0.25) is 0 Å². The molecule has 4 saturated heterocycles. The molecule has 4 aliphatic heterocycles. The summed E-state index contributed by atoms with van der Waals surface area (Å²) >= 11 is 0. The molecule has 0 bridgehead atoms. The highest BCUT2D eigenvalue weighted by Crippen LogP contribution is 2.48. The molecule has 3 amide bonds. The van der Waals surface area contributed by atoms with Crippen molar-refractivity contribution in [2.24, 2.45) is 0 Å². The summed E-state index contributed by atoms with van der Waals surface area (Å²) in [6.07, 6.45) is 5.67. The van der Waals surface area contributed by atoms with E-state index in [0.717, 1.165) is 116 Å². The molecule has 3 aromatic carbocycles. The summed E-state index contributed by atoms with van der Waals surface area (Å²) < 4.78 is 37.4. The van der Waals surface area contributed by atoms with Gasteiger partial charge in [0.05, 0.1) is 78.3 Å². The first-order valence-electron chi connectivity index (χ1n) is 24.1. The molecule has 0 aliphatic carbocycles. The van der Waals surface area contributed by atoms with E-state index in [-0.39, 0.29) is 42.0 Å². The molecule has 18 heteroatoms. The van der Waals surface area contributed by atoms with Gasteiger partial charge in [-0.25, -0.2) is 23.9 Å². The van der Waals surface area contributed by atoms with Crippen LogP contribution in [0.5, 0.6) is 0 Å². The summed E-state index contributed by atoms with van der Waals surface area (Å²) in [6.45, 7) is 6.64. The number of alkyl carbamates (subject to hydrolysis) is 2. The Balaban J connectivity index is 1.03. The number of rotatable bonds is 14. The van der Waals surface area contributed by atoms with Gasteiger partial charge < -0.3 is 54.2 Å². The van der Waals surface area contributed by atoms with Crippen LogP contribution in [-0.2, 0) is 23.7 Å². The van der Waals surface area contributed by atoms with Crippen molar-refractivity contribution in [1.29, 1.82) is 0 Å². The van der Waals surface area contributed by atoms with Crippen LogP contribution in [-0.4, -0.2) is 127 Å². The smallest absolute Gasteiger partial charge is 0.408 e. The zero-order valence-corrected chi connectivity index (χ0v) is 39.9. The van der Waals surface area contributed by atoms with Crippen LogP contribution in [0.4, 0.5) is 25.4 Å². The van der Waals surface area contributed by atoms with Crippen molar-refractivity contribution in [1.82, 2.24) is 40.4 Å². The Morgan fingerprint density at radius 3 is 1.85 bits per heavy atom. The highest BCUT2D eigenvalue weighted by Gasteiger charge is 2.41. The number of halogens is 1. The lowest BCUT2D eigenvalue weighted by atomic mass is 10.0. The number of nitrogens with one attached hydrogen (secondary N) is 4. The van der Waals surface area contributed by atoms with Gasteiger partial charge in [0.25, 0.3) is 0 Å². The molecule has 364 valence electrons. The lowest BCUT2D eigenvalue weighted by molar-refractivity contribution is -0.137. The Kier molecular flexibility index (Phi) is 14.1. The molecule has 4 N–H and O–H groups in total. The number of aromatic nitrogens is 4. The first-order chi connectivity index (χ1) is 33.0. The van der Waals surface area contributed by atoms with Crippen LogP contribution in [0, 0.1) is 5.82 Å². The highest BCUT2D eigenvalue weighted by atomic mass is 19.1. The molecule has 8 atom stereocenters. The summed E-state index contributed by atoms with van der Waals surface area (Å²) in [5.74, 6) is 1.02. The van der Waals surface area contributed by atoms with Crippen molar-refractivity contribution in [3.05, 3.63) is 83.2 Å². The van der Waals surface area contributed by atoms with Gasteiger partial charge in [-0.1, -0.05) is 12.1 Å². The zero-order chi connectivity index (χ0) is 47.6. The van der Waals surface area contributed by atoms with E-state index in [1.807, 2.05) is 19.1 Å². The van der Waals surface area contributed by atoms with Gasteiger partial charge in [-0.2, -0.15) is 0 Å². The number of amides is 3. The number of imidazole rings is 2. The SMILES string of the molecule is COC(=O)N[C@H](C(=O)N1CCC[C@H]1c1nc2cc(C3CC[C@@H](c4ccc5[nH]c([C@@H]6CCCN6[C@@H](NC(=O)OC)[C@@H](C)OC)nc5c4)N3c3ccc(N4CCCCC4)c(F)c3)ccc2[nH]1)[C@@H](C)OC. The van der Waals surface area contributed by atoms with Gasteiger partial charge in [0.2, 0.25) is 5.91 Å². The third kappa shape index (κ3) is 9.29. The summed E-state index contributed by atoms with van der Waals surface area (Å²) in [5.41, 5.74) is 6.96. The minimum Gasteiger partial charge on any atom is -0.453 e. The van der Waals surface area contributed by atoms with E-state index >= 15 is 4.39 Å². The van der Waals surface area contributed by atoms with Crippen molar-refractivity contribution in [2.45, 2.75) is 120 Å². The molecule has 9 rings (SSSR count). The van der Waals surface area contributed by atoms with E-state index in [0.29, 0.717) is 24.5 Å². The maximum Gasteiger partial charge on any atom is 0.408 e. The summed E-state index contributed by atoms with van der Waals surface area (Å²) in [6, 6.07) is 16.9. The van der Waals surface area contributed by atoms with Crippen LogP contribution >= 0.6 is 0 Å². The first kappa shape index (κ1) is 47.1. The number of ether oxygens (including phenoxy) is 4. The van der Waals surface area contributed by atoms with E-state index in [4.69, 9.17) is 28.9 Å². The molecule has 4 aliphatic rings. The van der Waals surface area contributed by atoms with Crippen molar-refractivity contribution < 1.29 is 37.7 Å². The van der Waals surface area contributed by atoms with E-state index in [2.05, 4.69) is 71.7 Å². The van der Waals surface area contributed by atoms with E-state index in [1.54, 1.807) is 25.0 Å². The quantitative estimate of drug-likeness (QED) is 0.0846. The number of carbonyl (C=O) groups is 3. The average Bonchev–Trinajstić information content (AvgIpc) is 4.23. The number of aromatic amines is 2. The van der Waals surface area contributed by atoms with Gasteiger partial charge in [-0.05, 0) is 125 Å². The number of hydrogen-bond donors (Lipinski definition) is 4. The predicted octanol–water partition coefficient (Wildman–Crippen LogP) is 7.93. The van der Waals surface area contributed by atoms with Gasteiger partial charge in [0.1, 0.15) is 29.7 Å². The topological polar surface area (TPSA) is 183 Å². The van der Waals surface area contributed by atoms with Crippen molar-refractivity contribution in [3.63, 3.8) is 0 Å². The number of likely N-dealkylation sites (tertiary alicyclic amines) is 2. The lowest BCUT2D eigenvalue weighted by Gasteiger charge is -2.35. The Bertz CT molecular complexity index is 2600. The number of benzene rings is 3. The van der Waals surface area contributed by atoms with Crippen LogP contribution in [0.1, 0.15) is 119 Å². The Morgan fingerprint density at radius 2 is 1.25 bits per heavy atom. The molecular formula is C50H65FN10O7. The van der Waals surface area contributed by atoms with Crippen molar-refractivity contribution in [2.75, 3.05) is 64.4 Å². The second-order valence-electron chi connectivity index (χ2n) is 18.7.